The average molecular weight is 198 g/mol. The Morgan fingerprint density at radius 2 is 1.87 bits per heavy atom. The van der Waals surface area contributed by atoms with Gasteiger partial charge in [0.15, 0.2) is 0 Å². The normalized spacial score (nSPS) is 10.3. The molecule has 1 aromatic heterocycles. The van der Waals surface area contributed by atoms with Gasteiger partial charge in [0.1, 0.15) is 0 Å². The number of rotatable bonds is 1. The number of aryl methyl sites for hydroxylation is 2. The number of aromatic nitrogens is 1. The van der Waals surface area contributed by atoms with E-state index in [-0.39, 0.29) is 0 Å². The van der Waals surface area contributed by atoms with Crippen LogP contribution < -0.4 is 5.73 Å². The summed E-state index contributed by atoms with van der Waals surface area (Å²) in [4.78, 5) is 4.29. The molecule has 0 spiro atoms. The lowest BCUT2D eigenvalue weighted by Crippen LogP contribution is -1.90. The lowest BCUT2D eigenvalue weighted by Gasteiger charge is -2.06. The maximum Gasteiger partial charge on any atom is 0.0373 e. The van der Waals surface area contributed by atoms with E-state index in [1.54, 1.807) is 0 Å². The van der Waals surface area contributed by atoms with Gasteiger partial charge in [-0.1, -0.05) is 12.1 Å². The van der Waals surface area contributed by atoms with Crippen molar-refractivity contribution in [1.82, 2.24) is 4.98 Å². The third kappa shape index (κ3) is 1.99. The molecule has 0 amide bonds. The Morgan fingerprint density at radius 1 is 1.07 bits per heavy atom. The van der Waals surface area contributed by atoms with Crippen molar-refractivity contribution in [3.63, 3.8) is 0 Å². The number of nitrogen functional groups attached to an aromatic ring is 1. The van der Waals surface area contributed by atoms with Gasteiger partial charge in [-0.15, -0.1) is 0 Å². The molecule has 0 bridgehead atoms. The van der Waals surface area contributed by atoms with Gasteiger partial charge >= 0.3 is 0 Å². The van der Waals surface area contributed by atoms with Gasteiger partial charge in [0.2, 0.25) is 0 Å². The number of nitrogens with zero attached hydrogens (tertiary/aromatic N) is 1. The summed E-state index contributed by atoms with van der Waals surface area (Å²) in [6.07, 6.45) is 1.89. The predicted octanol–water partition coefficient (Wildman–Crippen LogP) is 2.95. The molecule has 1 aromatic carbocycles. The van der Waals surface area contributed by atoms with Crippen LogP contribution in [0.5, 0.6) is 0 Å². The molecule has 15 heavy (non-hydrogen) atoms. The predicted molar refractivity (Wildman–Crippen MR) is 63.6 cm³/mol. The van der Waals surface area contributed by atoms with Crippen LogP contribution in [-0.4, -0.2) is 4.98 Å². The molecule has 0 aliphatic heterocycles. The fourth-order valence-corrected chi connectivity index (χ4v) is 1.58. The molecule has 0 saturated heterocycles. The second-order valence-electron chi connectivity index (χ2n) is 3.76. The number of benzene rings is 1. The zero-order chi connectivity index (χ0) is 10.8. The minimum Gasteiger partial charge on any atom is -0.399 e. The maximum atomic E-state index is 5.77. The van der Waals surface area contributed by atoms with E-state index in [9.17, 15) is 0 Å². The number of anilines is 1. The van der Waals surface area contributed by atoms with Crippen LogP contribution in [0.4, 0.5) is 5.69 Å². The first-order chi connectivity index (χ1) is 7.16. The third-order valence-electron chi connectivity index (χ3n) is 2.48. The first kappa shape index (κ1) is 9.71. The molecular formula is C13H14N2. The van der Waals surface area contributed by atoms with E-state index in [1.807, 2.05) is 37.4 Å². The highest BCUT2D eigenvalue weighted by Gasteiger charge is 2.02. The van der Waals surface area contributed by atoms with Crippen molar-refractivity contribution in [2.24, 2.45) is 0 Å². The van der Waals surface area contributed by atoms with E-state index in [0.717, 1.165) is 22.5 Å². The third-order valence-corrected chi connectivity index (χ3v) is 2.48. The molecule has 0 aliphatic rings. The molecule has 76 valence electrons. The fourth-order valence-electron chi connectivity index (χ4n) is 1.58. The van der Waals surface area contributed by atoms with Crippen LogP contribution in [0.1, 0.15) is 11.3 Å². The van der Waals surface area contributed by atoms with Crippen LogP contribution in [0, 0.1) is 13.8 Å². The maximum absolute atomic E-state index is 5.77. The molecule has 0 unspecified atom stereocenters. The number of nitrogens with two attached hydrogens (primary N) is 1. The van der Waals surface area contributed by atoms with E-state index in [0.29, 0.717) is 0 Å². The second kappa shape index (κ2) is 3.73. The van der Waals surface area contributed by atoms with Crippen LogP contribution in [-0.2, 0) is 0 Å². The van der Waals surface area contributed by atoms with Gasteiger partial charge in [0.25, 0.3) is 0 Å². The minimum atomic E-state index is 0.788. The zero-order valence-corrected chi connectivity index (χ0v) is 8.99. The van der Waals surface area contributed by atoms with Crippen molar-refractivity contribution in [2.75, 3.05) is 5.73 Å². The van der Waals surface area contributed by atoms with Crippen LogP contribution in [0.15, 0.2) is 36.5 Å². The molecular weight excluding hydrogens is 184 g/mol. The average Bonchev–Trinajstić information content (AvgIpc) is 2.23. The van der Waals surface area contributed by atoms with Crippen molar-refractivity contribution in [1.29, 1.82) is 0 Å². The Morgan fingerprint density at radius 3 is 2.53 bits per heavy atom. The zero-order valence-electron chi connectivity index (χ0n) is 8.99. The van der Waals surface area contributed by atoms with Crippen molar-refractivity contribution >= 4 is 5.69 Å². The van der Waals surface area contributed by atoms with Crippen LogP contribution in [0.3, 0.4) is 0 Å². The van der Waals surface area contributed by atoms with E-state index < -0.39 is 0 Å². The van der Waals surface area contributed by atoms with E-state index >= 15 is 0 Å². The Hall–Kier alpha value is -1.83. The molecule has 2 rings (SSSR count). The lowest BCUT2D eigenvalue weighted by atomic mass is 10.0. The van der Waals surface area contributed by atoms with Crippen molar-refractivity contribution in [3.05, 3.63) is 47.8 Å². The standard InChI is InChI=1S/C13H14N2/c1-9-3-6-12(14)7-13(9)11-5-4-10(2)15-8-11/h3-8H,14H2,1-2H3. The molecule has 0 aliphatic carbocycles. The van der Waals surface area contributed by atoms with E-state index in [2.05, 4.69) is 18.0 Å². The van der Waals surface area contributed by atoms with E-state index in [4.69, 9.17) is 5.73 Å². The Bertz CT molecular complexity index is 472. The summed E-state index contributed by atoms with van der Waals surface area (Å²) in [5.74, 6) is 0. The van der Waals surface area contributed by atoms with Gasteiger partial charge in [-0.3, -0.25) is 4.98 Å². The van der Waals surface area contributed by atoms with E-state index in [1.165, 1.54) is 5.56 Å². The molecule has 2 aromatic rings. The van der Waals surface area contributed by atoms with Gasteiger partial charge < -0.3 is 5.73 Å². The van der Waals surface area contributed by atoms with Crippen LogP contribution >= 0.6 is 0 Å². The first-order valence-corrected chi connectivity index (χ1v) is 4.96. The summed E-state index contributed by atoms with van der Waals surface area (Å²) in [5.41, 5.74) is 11.1. The molecule has 1 heterocycles. The molecule has 0 atom stereocenters. The smallest absolute Gasteiger partial charge is 0.0373 e. The summed E-state index contributed by atoms with van der Waals surface area (Å²) in [6, 6.07) is 10.0. The fraction of sp³-hybridized carbons (Fsp3) is 0.154. The quantitative estimate of drug-likeness (QED) is 0.715. The molecule has 2 N–H and O–H groups in total. The Balaban J connectivity index is 2.53. The van der Waals surface area contributed by atoms with Crippen molar-refractivity contribution in [2.45, 2.75) is 13.8 Å². The largest absolute Gasteiger partial charge is 0.399 e. The van der Waals surface area contributed by atoms with Crippen molar-refractivity contribution < 1.29 is 0 Å². The topological polar surface area (TPSA) is 38.9 Å². The number of hydrogen-bond acceptors (Lipinski definition) is 2. The number of pyridine rings is 1. The monoisotopic (exact) mass is 198 g/mol. The van der Waals surface area contributed by atoms with Gasteiger partial charge in [-0.2, -0.15) is 0 Å². The molecule has 2 heteroatoms. The minimum absolute atomic E-state index is 0.788. The molecule has 0 fully saturated rings. The van der Waals surface area contributed by atoms with Gasteiger partial charge in [-0.25, -0.2) is 0 Å². The van der Waals surface area contributed by atoms with Crippen LogP contribution in [0.2, 0.25) is 0 Å². The van der Waals surface area contributed by atoms with Gasteiger partial charge in [0, 0.05) is 23.1 Å². The molecule has 2 nitrogen and oxygen atoms in total. The summed E-state index contributed by atoms with van der Waals surface area (Å²) in [5, 5.41) is 0. The summed E-state index contributed by atoms with van der Waals surface area (Å²) < 4.78 is 0. The number of hydrogen-bond donors (Lipinski definition) is 1. The Kier molecular flexibility index (Phi) is 2.42. The highest BCUT2D eigenvalue weighted by molar-refractivity contribution is 5.70. The van der Waals surface area contributed by atoms with Gasteiger partial charge in [-0.05, 0) is 43.2 Å². The van der Waals surface area contributed by atoms with Crippen molar-refractivity contribution in [3.8, 4) is 11.1 Å². The lowest BCUT2D eigenvalue weighted by molar-refractivity contribution is 1.20. The molecule has 0 radical (unpaired) electrons. The molecule has 0 saturated carbocycles. The van der Waals surface area contributed by atoms with Gasteiger partial charge in [0.05, 0.1) is 0 Å². The summed E-state index contributed by atoms with van der Waals surface area (Å²) >= 11 is 0. The Labute approximate surface area is 89.8 Å². The summed E-state index contributed by atoms with van der Waals surface area (Å²) in [7, 11) is 0. The first-order valence-electron chi connectivity index (χ1n) is 4.96. The SMILES string of the molecule is Cc1ccc(-c2cc(N)ccc2C)cn1. The van der Waals surface area contributed by atoms with Crippen LogP contribution in [0.25, 0.3) is 11.1 Å². The highest BCUT2D eigenvalue weighted by Crippen LogP contribution is 2.24. The highest BCUT2D eigenvalue weighted by atomic mass is 14.7. The summed E-state index contributed by atoms with van der Waals surface area (Å²) in [6.45, 7) is 4.06. The second-order valence-corrected chi connectivity index (χ2v) is 3.76.